The maximum absolute atomic E-state index is 12.2. The fourth-order valence-corrected chi connectivity index (χ4v) is 2.40. The molecule has 1 aliphatic rings. The Balaban J connectivity index is 1.66. The number of rotatable bonds is 4. The number of carbonyl (C=O) groups excluding carboxylic acids is 1. The molecule has 0 bridgehead atoms. The summed E-state index contributed by atoms with van der Waals surface area (Å²) in [5, 5.41) is 10.0. The molecule has 104 valence electrons. The number of H-pyrrole nitrogens is 1. The first-order chi connectivity index (χ1) is 9.63. The summed E-state index contributed by atoms with van der Waals surface area (Å²) in [4.78, 5) is 12.2. The highest BCUT2D eigenvalue weighted by Crippen LogP contribution is 2.39. The van der Waals surface area contributed by atoms with Gasteiger partial charge in [-0.1, -0.05) is 28.1 Å². The van der Waals surface area contributed by atoms with Crippen LogP contribution in [0.15, 0.2) is 34.8 Å². The van der Waals surface area contributed by atoms with Gasteiger partial charge in [-0.3, -0.25) is 9.89 Å². The normalized spacial score (nSPS) is 15.9. The average molecular weight is 334 g/mol. The third-order valence-corrected chi connectivity index (χ3v) is 4.14. The summed E-state index contributed by atoms with van der Waals surface area (Å²) in [5.74, 6) is 1.04. The van der Waals surface area contributed by atoms with Gasteiger partial charge in [0.1, 0.15) is 5.82 Å². The van der Waals surface area contributed by atoms with Gasteiger partial charge in [-0.2, -0.15) is 5.10 Å². The summed E-state index contributed by atoms with van der Waals surface area (Å²) in [6.07, 6.45) is 2.40. The molecule has 0 aliphatic heterocycles. The lowest BCUT2D eigenvalue weighted by Crippen LogP contribution is -2.19. The van der Waals surface area contributed by atoms with E-state index in [0.29, 0.717) is 11.7 Å². The molecule has 3 rings (SSSR count). The van der Waals surface area contributed by atoms with Gasteiger partial charge in [-0.25, -0.2) is 0 Å². The van der Waals surface area contributed by atoms with Crippen molar-refractivity contribution < 1.29 is 4.79 Å². The Kier molecular flexibility index (Phi) is 3.61. The Morgan fingerprint density at radius 1 is 1.40 bits per heavy atom. The minimum atomic E-state index is -0.198. The number of aromatic nitrogens is 2. The largest absolute Gasteiger partial charge is 0.311 e. The van der Waals surface area contributed by atoms with Gasteiger partial charge in [0, 0.05) is 16.5 Å². The number of hydrogen-bond donors (Lipinski definition) is 2. The molecule has 1 amide bonds. The smallest absolute Gasteiger partial charge is 0.232 e. The molecule has 4 nitrogen and oxygen atoms in total. The molecule has 1 heterocycles. The summed E-state index contributed by atoms with van der Waals surface area (Å²) in [7, 11) is 0. The number of nitrogens with one attached hydrogen (secondary N) is 2. The summed E-state index contributed by atoms with van der Waals surface area (Å²) in [5.41, 5.74) is 2.05. The highest BCUT2D eigenvalue weighted by atomic mass is 79.9. The minimum Gasteiger partial charge on any atom is -0.311 e. The van der Waals surface area contributed by atoms with Crippen molar-refractivity contribution in [1.82, 2.24) is 10.2 Å². The number of anilines is 1. The Morgan fingerprint density at radius 3 is 2.75 bits per heavy atom. The number of carbonyl (C=O) groups is 1. The van der Waals surface area contributed by atoms with Crippen molar-refractivity contribution in [3.8, 4) is 0 Å². The van der Waals surface area contributed by atoms with Crippen molar-refractivity contribution in [3.63, 3.8) is 0 Å². The summed E-state index contributed by atoms with van der Waals surface area (Å²) in [6, 6.07) is 9.73. The Bertz CT molecular complexity index is 616. The van der Waals surface area contributed by atoms with Crippen LogP contribution in [0.3, 0.4) is 0 Å². The van der Waals surface area contributed by atoms with Crippen LogP contribution < -0.4 is 5.32 Å². The van der Waals surface area contributed by atoms with Gasteiger partial charge >= 0.3 is 0 Å². The van der Waals surface area contributed by atoms with Crippen LogP contribution in [0.4, 0.5) is 5.82 Å². The Hall–Kier alpha value is -1.62. The monoisotopic (exact) mass is 333 g/mol. The number of amides is 1. The zero-order chi connectivity index (χ0) is 14.1. The second kappa shape index (κ2) is 5.40. The van der Waals surface area contributed by atoms with E-state index < -0.39 is 0 Å². The molecular weight excluding hydrogens is 318 g/mol. The third-order valence-electron chi connectivity index (χ3n) is 3.61. The van der Waals surface area contributed by atoms with Gasteiger partial charge in [-0.05, 0) is 37.5 Å². The second-order valence-corrected chi connectivity index (χ2v) is 6.16. The van der Waals surface area contributed by atoms with E-state index >= 15 is 0 Å². The maximum Gasteiger partial charge on any atom is 0.232 e. The van der Waals surface area contributed by atoms with Gasteiger partial charge < -0.3 is 5.32 Å². The number of hydrogen-bond acceptors (Lipinski definition) is 2. The number of aromatic amines is 1. The maximum atomic E-state index is 12.2. The highest BCUT2D eigenvalue weighted by molar-refractivity contribution is 9.10. The van der Waals surface area contributed by atoms with E-state index in [4.69, 9.17) is 0 Å². The van der Waals surface area contributed by atoms with E-state index in [1.54, 1.807) is 0 Å². The molecule has 0 saturated heterocycles. The molecule has 0 radical (unpaired) electrons. The van der Waals surface area contributed by atoms with E-state index in [1.165, 1.54) is 12.8 Å². The van der Waals surface area contributed by atoms with Gasteiger partial charge in [-0.15, -0.1) is 0 Å². The summed E-state index contributed by atoms with van der Waals surface area (Å²) in [6.45, 7) is 1.90. The van der Waals surface area contributed by atoms with E-state index in [2.05, 4.69) is 31.4 Å². The molecule has 2 N–H and O–H groups in total. The van der Waals surface area contributed by atoms with E-state index in [1.807, 2.05) is 37.3 Å². The summed E-state index contributed by atoms with van der Waals surface area (Å²) >= 11 is 3.39. The lowest BCUT2D eigenvalue weighted by atomic mass is 10.0. The molecular formula is C15H16BrN3O. The lowest BCUT2D eigenvalue weighted by molar-refractivity contribution is -0.117. The Morgan fingerprint density at radius 2 is 2.10 bits per heavy atom. The molecule has 0 spiro atoms. The number of halogens is 1. The molecule has 1 aromatic carbocycles. The average Bonchev–Trinajstić information content (AvgIpc) is 3.20. The van der Waals surface area contributed by atoms with Crippen LogP contribution in [0.5, 0.6) is 0 Å². The van der Waals surface area contributed by atoms with Crippen LogP contribution in [-0.2, 0) is 4.79 Å². The standard InChI is InChI=1S/C15H16BrN3O/c1-9(10-4-6-12(16)7-5-10)15(20)17-14-8-13(18-19-14)11-2-3-11/h4-9,11H,2-3H2,1H3,(H2,17,18,19,20). The summed E-state index contributed by atoms with van der Waals surface area (Å²) < 4.78 is 1.01. The van der Waals surface area contributed by atoms with Gasteiger partial charge in [0.15, 0.2) is 0 Å². The molecule has 1 aliphatic carbocycles. The zero-order valence-electron chi connectivity index (χ0n) is 11.2. The number of nitrogens with zero attached hydrogens (tertiary/aromatic N) is 1. The quantitative estimate of drug-likeness (QED) is 0.894. The molecule has 1 unspecified atom stereocenters. The van der Waals surface area contributed by atoms with Crippen LogP contribution in [0.2, 0.25) is 0 Å². The minimum absolute atomic E-state index is 0.0293. The molecule has 1 aromatic heterocycles. The molecule has 1 atom stereocenters. The van der Waals surface area contributed by atoms with Crippen molar-refractivity contribution >= 4 is 27.7 Å². The van der Waals surface area contributed by atoms with Crippen LogP contribution in [-0.4, -0.2) is 16.1 Å². The van der Waals surface area contributed by atoms with E-state index in [0.717, 1.165) is 15.7 Å². The molecule has 1 saturated carbocycles. The predicted molar refractivity (Wildman–Crippen MR) is 81.7 cm³/mol. The zero-order valence-corrected chi connectivity index (χ0v) is 12.8. The fourth-order valence-electron chi connectivity index (χ4n) is 2.13. The van der Waals surface area contributed by atoms with Gasteiger partial charge in [0.05, 0.1) is 11.6 Å². The van der Waals surface area contributed by atoms with Crippen LogP contribution >= 0.6 is 15.9 Å². The topological polar surface area (TPSA) is 57.8 Å². The number of benzene rings is 1. The third kappa shape index (κ3) is 2.93. The first kappa shape index (κ1) is 13.4. The van der Waals surface area contributed by atoms with Crippen LogP contribution in [0.1, 0.15) is 42.9 Å². The molecule has 2 aromatic rings. The van der Waals surface area contributed by atoms with Crippen LogP contribution in [0.25, 0.3) is 0 Å². The Labute approximate surface area is 126 Å². The lowest BCUT2D eigenvalue weighted by Gasteiger charge is -2.11. The SMILES string of the molecule is CC(C(=O)Nc1cc(C2CC2)n[nH]1)c1ccc(Br)cc1. The fraction of sp³-hybridized carbons (Fsp3) is 0.333. The van der Waals surface area contributed by atoms with Gasteiger partial charge in [0.2, 0.25) is 5.91 Å². The first-order valence-electron chi connectivity index (χ1n) is 6.75. The molecule has 1 fully saturated rings. The van der Waals surface area contributed by atoms with E-state index in [9.17, 15) is 4.79 Å². The van der Waals surface area contributed by atoms with Crippen molar-refractivity contribution in [3.05, 3.63) is 46.1 Å². The molecule has 20 heavy (non-hydrogen) atoms. The first-order valence-corrected chi connectivity index (χ1v) is 7.54. The van der Waals surface area contributed by atoms with Crippen molar-refractivity contribution in [1.29, 1.82) is 0 Å². The predicted octanol–water partition coefficient (Wildman–Crippen LogP) is 3.79. The van der Waals surface area contributed by atoms with E-state index in [-0.39, 0.29) is 11.8 Å². The van der Waals surface area contributed by atoms with Crippen molar-refractivity contribution in [2.75, 3.05) is 5.32 Å². The van der Waals surface area contributed by atoms with Crippen LogP contribution in [0, 0.1) is 0 Å². The van der Waals surface area contributed by atoms with Crippen molar-refractivity contribution in [2.24, 2.45) is 0 Å². The highest BCUT2D eigenvalue weighted by Gasteiger charge is 2.26. The molecule has 5 heteroatoms. The van der Waals surface area contributed by atoms with Gasteiger partial charge in [0.25, 0.3) is 0 Å². The van der Waals surface area contributed by atoms with Crippen molar-refractivity contribution in [2.45, 2.75) is 31.6 Å². The second-order valence-electron chi connectivity index (χ2n) is 5.24.